The molecule has 2 rings (SSSR count). The summed E-state index contributed by atoms with van der Waals surface area (Å²) in [5.74, 6) is 0.379. The lowest BCUT2D eigenvalue weighted by Crippen LogP contribution is -2.41. The van der Waals surface area contributed by atoms with Gasteiger partial charge >= 0.3 is 0 Å². The van der Waals surface area contributed by atoms with Crippen LogP contribution in [0.3, 0.4) is 0 Å². The van der Waals surface area contributed by atoms with E-state index >= 15 is 0 Å². The third-order valence-electron chi connectivity index (χ3n) is 3.58. The lowest BCUT2D eigenvalue weighted by Gasteiger charge is -2.29. The van der Waals surface area contributed by atoms with Gasteiger partial charge in [0.1, 0.15) is 5.75 Å². The van der Waals surface area contributed by atoms with Gasteiger partial charge in [0.05, 0.1) is 27.2 Å². The maximum absolute atomic E-state index is 9.95. The zero-order chi connectivity index (χ0) is 13.2. The molecule has 3 heteroatoms. The van der Waals surface area contributed by atoms with Gasteiger partial charge in [-0.25, -0.2) is 0 Å². The summed E-state index contributed by atoms with van der Waals surface area (Å²) in [7, 11) is 4.52. The van der Waals surface area contributed by atoms with Crippen molar-refractivity contribution in [1.82, 2.24) is 4.98 Å². The minimum absolute atomic E-state index is 0.379. The fraction of sp³-hybridized carbons (Fsp3) is 0.467. The van der Waals surface area contributed by atoms with Crippen LogP contribution in [0.2, 0.25) is 0 Å². The standard InChI is InChI=1S/C15H22N2O/c1-4-9-17(2,3)10-8-12-11-16-13-6-5-7-14(18)15(12)13/h5-7,11,16H,4,8-10H2,1-3H3/p+1. The Morgan fingerprint density at radius 1 is 1.22 bits per heavy atom. The van der Waals surface area contributed by atoms with E-state index in [-0.39, 0.29) is 0 Å². The molecule has 98 valence electrons. The first kappa shape index (κ1) is 13.0. The highest BCUT2D eigenvalue weighted by Gasteiger charge is 2.15. The number of rotatable bonds is 5. The Bertz CT molecular complexity index is 528. The molecule has 1 aromatic carbocycles. The topological polar surface area (TPSA) is 36.0 Å². The van der Waals surface area contributed by atoms with Gasteiger partial charge in [-0.15, -0.1) is 0 Å². The monoisotopic (exact) mass is 247 g/mol. The molecular weight excluding hydrogens is 224 g/mol. The Morgan fingerprint density at radius 3 is 2.72 bits per heavy atom. The number of phenols is 1. The van der Waals surface area contributed by atoms with E-state index in [1.807, 2.05) is 18.3 Å². The van der Waals surface area contributed by atoms with Crippen LogP contribution in [0.15, 0.2) is 24.4 Å². The number of aromatic hydroxyl groups is 1. The lowest BCUT2D eigenvalue weighted by atomic mass is 10.1. The van der Waals surface area contributed by atoms with E-state index < -0.39 is 0 Å². The number of fused-ring (bicyclic) bond motifs is 1. The quantitative estimate of drug-likeness (QED) is 0.783. The van der Waals surface area contributed by atoms with Crippen LogP contribution in [0, 0.1) is 0 Å². The molecule has 0 saturated carbocycles. The summed E-state index contributed by atoms with van der Waals surface area (Å²) >= 11 is 0. The minimum atomic E-state index is 0.379. The highest BCUT2D eigenvalue weighted by Crippen LogP contribution is 2.28. The molecule has 0 bridgehead atoms. The van der Waals surface area contributed by atoms with Crippen molar-refractivity contribution in [3.63, 3.8) is 0 Å². The fourth-order valence-electron chi connectivity index (χ4n) is 2.57. The first-order chi connectivity index (χ1) is 8.53. The molecule has 0 unspecified atom stereocenters. The van der Waals surface area contributed by atoms with Crippen LogP contribution in [0.1, 0.15) is 18.9 Å². The summed E-state index contributed by atoms with van der Waals surface area (Å²) in [6, 6.07) is 5.63. The van der Waals surface area contributed by atoms with Crippen LogP contribution in [-0.4, -0.2) is 41.8 Å². The smallest absolute Gasteiger partial charge is 0.125 e. The van der Waals surface area contributed by atoms with Crippen molar-refractivity contribution in [2.45, 2.75) is 19.8 Å². The number of aromatic nitrogens is 1. The normalized spacial score (nSPS) is 12.2. The van der Waals surface area contributed by atoms with Crippen molar-refractivity contribution < 1.29 is 9.59 Å². The zero-order valence-corrected chi connectivity index (χ0v) is 11.5. The average Bonchev–Trinajstić information content (AvgIpc) is 2.71. The van der Waals surface area contributed by atoms with Gasteiger partial charge in [-0.05, 0) is 24.1 Å². The lowest BCUT2D eigenvalue weighted by molar-refractivity contribution is -0.890. The van der Waals surface area contributed by atoms with E-state index in [1.54, 1.807) is 6.07 Å². The van der Waals surface area contributed by atoms with Gasteiger partial charge in [-0.3, -0.25) is 0 Å². The van der Waals surface area contributed by atoms with Crippen molar-refractivity contribution in [1.29, 1.82) is 0 Å². The number of quaternary nitrogens is 1. The first-order valence-electron chi connectivity index (χ1n) is 6.63. The number of H-pyrrole nitrogens is 1. The van der Waals surface area contributed by atoms with E-state index in [9.17, 15) is 5.11 Å². The van der Waals surface area contributed by atoms with Crippen LogP contribution in [0.4, 0.5) is 0 Å². The van der Waals surface area contributed by atoms with Crippen LogP contribution in [-0.2, 0) is 6.42 Å². The number of likely N-dealkylation sites (N-methyl/N-ethyl adjacent to an activating group) is 1. The zero-order valence-electron chi connectivity index (χ0n) is 11.5. The molecule has 2 N–H and O–H groups in total. The summed E-state index contributed by atoms with van der Waals surface area (Å²) in [6.45, 7) is 4.50. The number of nitrogens with one attached hydrogen (secondary N) is 1. The molecule has 0 radical (unpaired) electrons. The highest BCUT2D eigenvalue weighted by atomic mass is 16.3. The van der Waals surface area contributed by atoms with Crippen LogP contribution >= 0.6 is 0 Å². The molecule has 0 aliphatic rings. The van der Waals surface area contributed by atoms with E-state index in [2.05, 4.69) is 26.0 Å². The average molecular weight is 247 g/mol. The number of aromatic amines is 1. The Labute approximate surface area is 109 Å². The van der Waals surface area contributed by atoms with Gasteiger partial charge < -0.3 is 14.6 Å². The molecule has 1 heterocycles. The fourth-order valence-corrected chi connectivity index (χ4v) is 2.57. The molecule has 0 amide bonds. The third kappa shape index (κ3) is 2.67. The van der Waals surface area contributed by atoms with E-state index in [4.69, 9.17) is 0 Å². The van der Waals surface area contributed by atoms with Gasteiger partial charge in [-0.2, -0.15) is 0 Å². The Kier molecular flexibility index (Phi) is 3.62. The van der Waals surface area contributed by atoms with Crippen LogP contribution in [0.5, 0.6) is 5.75 Å². The molecule has 0 atom stereocenters. The third-order valence-corrected chi connectivity index (χ3v) is 3.58. The number of benzene rings is 1. The molecule has 0 aliphatic carbocycles. The molecule has 0 aliphatic heterocycles. The molecule has 2 aromatic rings. The maximum Gasteiger partial charge on any atom is 0.125 e. The summed E-state index contributed by atoms with van der Waals surface area (Å²) in [4.78, 5) is 3.23. The van der Waals surface area contributed by atoms with Crippen molar-refractivity contribution in [3.05, 3.63) is 30.0 Å². The summed E-state index contributed by atoms with van der Waals surface area (Å²) in [5.41, 5.74) is 2.23. The van der Waals surface area contributed by atoms with Crippen molar-refractivity contribution in [2.24, 2.45) is 0 Å². The summed E-state index contributed by atoms with van der Waals surface area (Å²) in [6.07, 6.45) is 4.22. The first-order valence-corrected chi connectivity index (χ1v) is 6.63. The molecule has 1 aromatic heterocycles. The number of hydrogen-bond donors (Lipinski definition) is 2. The number of nitrogens with zero attached hydrogens (tertiary/aromatic N) is 1. The number of phenolic OH excluding ortho intramolecular Hbond substituents is 1. The second-order valence-corrected chi connectivity index (χ2v) is 5.65. The van der Waals surface area contributed by atoms with Gasteiger partial charge in [0.25, 0.3) is 0 Å². The summed E-state index contributed by atoms with van der Waals surface area (Å²) < 4.78 is 1.02. The predicted octanol–water partition coefficient (Wildman–Crippen LogP) is 2.90. The maximum atomic E-state index is 9.95. The Hall–Kier alpha value is -1.48. The highest BCUT2D eigenvalue weighted by molar-refractivity contribution is 5.88. The predicted molar refractivity (Wildman–Crippen MR) is 75.8 cm³/mol. The molecule has 3 nitrogen and oxygen atoms in total. The van der Waals surface area contributed by atoms with Crippen molar-refractivity contribution >= 4 is 10.9 Å². The van der Waals surface area contributed by atoms with Crippen LogP contribution in [0.25, 0.3) is 10.9 Å². The largest absolute Gasteiger partial charge is 0.507 e. The molecule has 0 fully saturated rings. The second-order valence-electron chi connectivity index (χ2n) is 5.65. The molecule has 18 heavy (non-hydrogen) atoms. The van der Waals surface area contributed by atoms with Gasteiger partial charge in [-0.1, -0.05) is 13.0 Å². The van der Waals surface area contributed by atoms with Crippen LogP contribution < -0.4 is 0 Å². The van der Waals surface area contributed by atoms with Gasteiger partial charge in [0.15, 0.2) is 0 Å². The van der Waals surface area contributed by atoms with Crippen molar-refractivity contribution in [2.75, 3.05) is 27.2 Å². The Morgan fingerprint density at radius 2 is 2.00 bits per heavy atom. The second kappa shape index (κ2) is 5.02. The number of hydrogen-bond acceptors (Lipinski definition) is 1. The molecule has 0 saturated heterocycles. The molecular formula is C15H23N2O+. The van der Waals surface area contributed by atoms with E-state index in [0.29, 0.717) is 5.75 Å². The van der Waals surface area contributed by atoms with Gasteiger partial charge in [0, 0.05) is 23.5 Å². The SMILES string of the molecule is CCC[N+](C)(C)CCc1c[nH]c2cccc(O)c12. The molecule has 0 spiro atoms. The van der Waals surface area contributed by atoms with E-state index in [0.717, 1.165) is 28.4 Å². The Balaban J connectivity index is 2.18. The summed E-state index contributed by atoms with van der Waals surface area (Å²) in [5, 5.41) is 10.9. The van der Waals surface area contributed by atoms with E-state index in [1.165, 1.54) is 18.5 Å². The van der Waals surface area contributed by atoms with Gasteiger partial charge in [0.2, 0.25) is 0 Å². The minimum Gasteiger partial charge on any atom is -0.507 e. The van der Waals surface area contributed by atoms with Crippen molar-refractivity contribution in [3.8, 4) is 5.75 Å².